The van der Waals surface area contributed by atoms with Crippen molar-refractivity contribution < 1.29 is 51.3 Å². The van der Waals surface area contributed by atoms with Gasteiger partial charge in [-0.15, -0.1) is 30.7 Å². The molecule has 4 aromatic rings. The number of pyridine rings is 2. The number of halogens is 1. The topological polar surface area (TPSA) is 167 Å². The average molecular weight is 574 g/mol. The van der Waals surface area contributed by atoms with E-state index in [9.17, 15) is 0 Å². The van der Waals surface area contributed by atoms with Gasteiger partial charge in [0.1, 0.15) is 0 Å². The molecular weight excluding hydrogens is 556 g/mol. The second kappa shape index (κ2) is 16.4. The van der Waals surface area contributed by atoms with Crippen LogP contribution in [-0.2, 0) is 22.4 Å². The second-order valence-corrected chi connectivity index (χ2v) is 6.58. The number of rotatable bonds is 4. The Kier molecular flexibility index (Phi) is 13.9. The fraction of sp³-hybridized carbons (Fsp3) is 0. The molecule has 4 rings (SSSR count). The van der Waals surface area contributed by atoms with Crippen molar-refractivity contribution in [1.82, 2.24) is 9.97 Å². The maximum absolute atomic E-state index is 8.49. The molecule has 0 spiro atoms. The summed E-state index contributed by atoms with van der Waals surface area (Å²) >= 11 is 0. The summed E-state index contributed by atoms with van der Waals surface area (Å²) in [5, 5.41) is 16.1. The van der Waals surface area contributed by atoms with E-state index >= 15 is 0 Å². The molecule has 0 aliphatic carbocycles. The summed E-state index contributed by atoms with van der Waals surface area (Å²) in [5.41, 5.74) is 1.66. The van der Waals surface area contributed by atoms with Gasteiger partial charge in [0.15, 0.2) is 11.6 Å². The Hall–Kier alpha value is -3.19. The molecule has 10 nitrogen and oxygen atoms in total. The Morgan fingerprint density at radius 3 is 1.09 bits per heavy atom. The van der Waals surface area contributed by atoms with E-state index in [0.29, 0.717) is 11.6 Å². The summed E-state index contributed by atoms with van der Waals surface area (Å²) in [6.07, 6.45) is 3.39. The van der Waals surface area contributed by atoms with Crippen LogP contribution in [0.4, 0.5) is 23.0 Å². The second-order valence-electron chi connectivity index (χ2n) is 5.82. The molecule has 0 aliphatic rings. The van der Waals surface area contributed by atoms with Gasteiger partial charge in [0.05, 0.1) is 11.4 Å². The van der Waals surface area contributed by atoms with Crippen molar-refractivity contribution >= 4 is 23.0 Å². The van der Waals surface area contributed by atoms with Gasteiger partial charge in [-0.1, -0.05) is 48.5 Å². The Labute approximate surface area is 213 Å². The minimum Gasteiger partial charge on any atom is -0.236 e. The van der Waals surface area contributed by atoms with Crippen molar-refractivity contribution in [2.24, 2.45) is 20.5 Å². The summed E-state index contributed by atoms with van der Waals surface area (Å²) < 4.78 is 34.0. The van der Waals surface area contributed by atoms with E-state index < -0.39 is 10.2 Å². The summed E-state index contributed by atoms with van der Waals surface area (Å²) in [6, 6.07) is 30.2. The molecule has 0 bridgehead atoms. The van der Waals surface area contributed by atoms with Crippen molar-refractivity contribution in [2.75, 3.05) is 0 Å². The van der Waals surface area contributed by atoms with Crippen LogP contribution in [0.15, 0.2) is 130 Å². The van der Waals surface area contributed by atoms with E-state index in [-0.39, 0.29) is 22.4 Å². The predicted octanol–water partition coefficient (Wildman–Crippen LogP) is 2.24. The first-order valence-electron chi connectivity index (χ1n) is 9.27. The predicted molar refractivity (Wildman–Crippen MR) is 110 cm³/mol. The first-order valence-corrected chi connectivity index (χ1v) is 10.5. The van der Waals surface area contributed by atoms with E-state index in [2.05, 4.69) is 30.4 Å². The quantitative estimate of drug-likeness (QED) is 0.268. The molecule has 2 aromatic carbocycles. The van der Waals surface area contributed by atoms with Crippen LogP contribution in [0, 0.1) is 10.2 Å². The van der Waals surface area contributed by atoms with Gasteiger partial charge in [-0.25, -0.2) is 28.6 Å². The number of nitrogens with zero attached hydrogens (tertiary/aromatic N) is 6. The van der Waals surface area contributed by atoms with E-state index in [1.807, 2.05) is 97.1 Å². The first-order chi connectivity index (χ1) is 15.9. The molecule has 12 heteroatoms. The standard InChI is InChI=1S/2C11H9N3.Ag.ClHO4/c2*1-2-6-10(7-3-1)13-14-11-8-4-5-9-12-11;;2-1(3,4)5/h2*1-9H;;(H,2,3,4,5)/q;;+1;/p-1. The largest absolute Gasteiger partial charge is 1.00 e. The van der Waals surface area contributed by atoms with Crippen LogP contribution in [0.3, 0.4) is 0 Å². The zero-order chi connectivity index (χ0) is 23.8. The normalized spacial score (nSPS) is 10.5. The van der Waals surface area contributed by atoms with Crippen molar-refractivity contribution in [3.63, 3.8) is 0 Å². The molecule has 2 heterocycles. The van der Waals surface area contributed by atoms with Crippen LogP contribution < -0.4 is 18.6 Å². The average Bonchev–Trinajstić information content (AvgIpc) is 2.84. The molecule has 0 aliphatic heterocycles. The third-order valence-electron chi connectivity index (χ3n) is 3.35. The molecule has 0 amide bonds. The van der Waals surface area contributed by atoms with Gasteiger partial charge in [0.25, 0.3) is 0 Å². The zero-order valence-corrected chi connectivity index (χ0v) is 19.6. The smallest absolute Gasteiger partial charge is 0.236 e. The van der Waals surface area contributed by atoms with Crippen molar-refractivity contribution in [2.45, 2.75) is 0 Å². The fourth-order valence-electron chi connectivity index (χ4n) is 2.03. The van der Waals surface area contributed by atoms with Gasteiger partial charge in [-0.2, -0.15) is 0 Å². The van der Waals surface area contributed by atoms with E-state index in [0.717, 1.165) is 11.4 Å². The molecular formula is C22H18AgClN6O4. The molecule has 0 saturated heterocycles. The Morgan fingerprint density at radius 2 is 0.794 bits per heavy atom. The van der Waals surface area contributed by atoms with Gasteiger partial charge in [0, 0.05) is 12.4 Å². The molecule has 0 unspecified atom stereocenters. The molecule has 0 saturated carbocycles. The molecule has 0 atom stereocenters. The monoisotopic (exact) mass is 572 g/mol. The van der Waals surface area contributed by atoms with Gasteiger partial charge in [-0.05, 0) is 48.5 Å². The number of aromatic nitrogens is 2. The van der Waals surface area contributed by atoms with E-state index in [4.69, 9.17) is 18.6 Å². The summed E-state index contributed by atoms with van der Waals surface area (Å²) in [5.74, 6) is 1.24. The van der Waals surface area contributed by atoms with Crippen LogP contribution in [0.1, 0.15) is 0 Å². The molecule has 178 valence electrons. The molecule has 0 fully saturated rings. The third-order valence-corrected chi connectivity index (χ3v) is 3.35. The van der Waals surface area contributed by atoms with Crippen LogP contribution in [0.2, 0.25) is 0 Å². The SMILES string of the molecule is [Ag+].[O-][Cl+3]([O-])([O-])[O-].c1ccc(N=Nc2ccccn2)cc1.c1ccc(N=Nc2ccccn2)cc1. The van der Waals surface area contributed by atoms with E-state index in [1.165, 1.54) is 0 Å². The van der Waals surface area contributed by atoms with Crippen molar-refractivity contribution in [3.8, 4) is 0 Å². The van der Waals surface area contributed by atoms with Crippen LogP contribution in [0.5, 0.6) is 0 Å². The molecule has 34 heavy (non-hydrogen) atoms. The third kappa shape index (κ3) is 14.8. The first kappa shape index (κ1) is 28.8. The minimum absolute atomic E-state index is 0. The van der Waals surface area contributed by atoms with Gasteiger partial charge in [-0.3, -0.25) is 0 Å². The summed E-state index contributed by atoms with van der Waals surface area (Å²) in [6.45, 7) is 0. The van der Waals surface area contributed by atoms with Gasteiger partial charge >= 0.3 is 22.4 Å². The summed E-state index contributed by atoms with van der Waals surface area (Å²) in [7, 11) is -4.94. The van der Waals surface area contributed by atoms with Crippen LogP contribution in [-0.4, -0.2) is 9.97 Å². The number of azo groups is 2. The van der Waals surface area contributed by atoms with Crippen LogP contribution in [0.25, 0.3) is 0 Å². The van der Waals surface area contributed by atoms with Crippen molar-refractivity contribution in [1.29, 1.82) is 0 Å². The Balaban J connectivity index is 0.000000278. The minimum atomic E-state index is -4.94. The summed E-state index contributed by atoms with van der Waals surface area (Å²) in [4.78, 5) is 8.07. The number of hydrogen-bond acceptors (Lipinski definition) is 10. The maximum Gasteiger partial charge on any atom is 1.00 e. The Bertz CT molecular complexity index is 930. The van der Waals surface area contributed by atoms with E-state index in [1.54, 1.807) is 12.4 Å². The molecule has 2 aromatic heterocycles. The Morgan fingerprint density at radius 1 is 0.471 bits per heavy atom. The van der Waals surface area contributed by atoms with Crippen LogP contribution >= 0.6 is 0 Å². The maximum atomic E-state index is 8.49. The van der Waals surface area contributed by atoms with Gasteiger partial charge in [0.2, 0.25) is 0 Å². The fourth-order valence-corrected chi connectivity index (χ4v) is 2.03. The molecule has 0 radical (unpaired) electrons. The number of benzene rings is 2. The molecule has 0 N–H and O–H groups in total. The zero-order valence-electron chi connectivity index (χ0n) is 17.4. The number of hydrogen-bond donors (Lipinski definition) is 0. The van der Waals surface area contributed by atoms with Gasteiger partial charge < -0.3 is 0 Å². The van der Waals surface area contributed by atoms with Crippen molar-refractivity contribution in [3.05, 3.63) is 109 Å².